The van der Waals surface area contributed by atoms with Crippen molar-refractivity contribution < 1.29 is 18.8 Å². The largest absolute Gasteiger partial charge is 0.493 e. The number of hydrogen-bond donors (Lipinski definition) is 1. The minimum absolute atomic E-state index is 0.281. The molecular formula is C21H19N3O4S. The molecule has 3 aromatic heterocycles. The number of ether oxygens (including phenoxy) is 2. The van der Waals surface area contributed by atoms with Crippen molar-refractivity contribution >= 4 is 34.0 Å². The monoisotopic (exact) mass is 409 g/mol. The van der Waals surface area contributed by atoms with Crippen LogP contribution in [0.5, 0.6) is 11.5 Å². The van der Waals surface area contributed by atoms with Gasteiger partial charge in [0.05, 0.1) is 41.4 Å². The lowest BCUT2D eigenvalue weighted by atomic mass is 10.1. The average molecular weight is 409 g/mol. The molecule has 0 atom stereocenters. The van der Waals surface area contributed by atoms with Crippen molar-refractivity contribution in [3.8, 4) is 22.1 Å². The van der Waals surface area contributed by atoms with Crippen LogP contribution in [0.4, 0.5) is 5.69 Å². The summed E-state index contributed by atoms with van der Waals surface area (Å²) in [6.45, 7) is 3.68. The molecule has 0 aliphatic heterocycles. The molecular weight excluding hydrogens is 390 g/mol. The molecule has 3 heterocycles. The predicted molar refractivity (Wildman–Crippen MR) is 112 cm³/mol. The molecule has 4 aromatic rings. The average Bonchev–Trinajstić information content (AvgIpc) is 3.39. The number of pyridine rings is 1. The third-order valence-electron chi connectivity index (χ3n) is 4.61. The maximum absolute atomic E-state index is 13.2. The van der Waals surface area contributed by atoms with E-state index in [9.17, 15) is 4.79 Å². The van der Waals surface area contributed by atoms with Gasteiger partial charge in [0, 0.05) is 11.8 Å². The standard InChI is InChI=1S/C21H19N3O4S/c1-11-8-16(26-3)17(27-4)10-14(11)22-20(25)13-9-15(18-6-5-7-29-18)23-21-19(13)12(2)24-28-21/h5-10H,1-4H3,(H,22,25). The Morgan fingerprint density at radius 3 is 2.59 bits per heavy atom. The smallest absolute Gasteiger partial charge is 0.259 e. The number of methoxy groups -OCH3 is 2. The van der Waals surface area contributed by atoms with Gasteiger partial charge in [-0.25, -0.2) is 4.98 Å². The molecule has 0 saturated heterocycles. The molecule has 4 rings (SSSR count). The second-order valence-electron chi connectivity index (χ2n) is 6.46. The zero-order valence-electron chi connectivity index (χ0n) is 16.4. The Hall–Kier alpha value is -3.39. The van der Waals surface area contributed by atoms with Crippen LogP contribution in [0.2, 0.25) is 0 Å². The molecule has 0 radical (unpaired) electrons. The normalized spacial score (nSPS) is 10.9. The number of rotatable bonds is 5. The molecule has 1 aromatic carbocycles. The number of amides is 1. The Labute approximate surface area is 171 Å². The number of fused-ring (bicyclic) bond motifs is 1. The summed E-state index contributed by atoms with van der Waals surface area (Å²) in [5.74, 6) is 0.856. The molecule has 1 N–H and O–H groups in total. The van der Waals surface area contributed by atoms with Gasteiger partial charge < -0.3 is 19.3 Å². The lowest BCUT2D eigenvalue weighted by Gasteiger charge is -2.14. The molecule has 0 saturated carbocycles. The number of hydrogen-bond acceptors (Lipinski definition) is 7. The zero-order valence-corrected chi connectivity index (χ0v) is 17.2. The summed E-state index contributed by atoms with van der Waals surface area (Å²) in [6, 6.07) is 9.21. The Kier molecular flexibility index (Phi) is 4.94. The van der Waals surface area contributed by atoms with Gasteiger partial charge >= 0.3 is 0 Å². The highest BCUT2D eigenvalue weighted by atomic mass is 32.1. The molecule has 29 heavy (non-hydrogen) atoms. The van der Waals surface area contributed by atoms with Gasteiger partial charge in [0.1, 0.15) is 0 Å². The predicted octanol–water partition coefficient (Wildman–Crippen LogP) is 4.84. The summed E-state index contributed by atoms with van der Waals surface area (Å²) < 4.78 is 16.0. The molecule has 7 nitrogen and oxygen atoms in total. The van der Waals surface area contributed by atoms with Crippen LogP contribution in [-0.4, -0.2) is 30.3 Å². The van der Waals surface area contributed by atoms with Crippen LogP contribution in [0.1, 0.15) is 21.6 Å². The van der Waals surface area contributed by atoms with Crippen molar-refractivity contribution in [3.63, 3.8) is 0 Å². The number of carbonyl (C=O) groups is 1. The van der Waals surface area contributed by atoms with E-state index in [2.05, 4.69) is 15.5 Å². The van der Waals surface area contributed by atoms with Crippen LogP contribution in [0.15, 0.2) is 40.2 Å². The lowest BCUT2D eigenvalue weighted by molar-refractivity contribution is 0.102. The van der Waals surface area contributed by atoms with E-state index in [1.54, 1.807) is 44.6 Å². The van der Waals surface area contributed by atoms with E-state index in [-0.39, 0.29) is 5.91 Å². The molecule has 1 amide bonds. The highest BCUT2D eigenvalue weighted by Gasteiger charge is 2.21. The molecule has 0 aliphatic rings. The number of aromatic nitrogens is 2. The second kappa shape index (κ2) is 7.56. The molecule has 0 bridgehead atoms. The van der Waals surface area contributed by atoms with Gasteiger partial charge in [-0.15, -0.1) is 11.3 Å². The topological polar surface area (TPSA) is 86.5 Å². The maximum Gasteiger partial charge on any atom is 0.259 e. The second-order valence-corrected chi connectivity index (χ2v) is 7.40. The highest BCUT2D eigenvalue weighted by molar-refractivity contribution is 7.13. The van der Waals surface area contributed by atoms with Gasteiger partial charge in [-0.1, -0.05) is 11.2 Å². The van der Waals surface area contributed by atoms with Gasteiger partial charge in [-0.2, -0.15) is 0 Å². The van der Waals surface area contributed by atoms with Crippen LogP contribution < -0.4 is 14.8 Å². The quantitative estimate of drug-likeness (QED) is 0.508. The van der Waals surface area contributed by atoms with Gasteiger partial charge in [0.2, 0.25) is 0 Å². The number of benzene rings is 1. The number of nitrogens with one attached hydrogen (secondary N) is 1. The van der Waals surface area contributed by atoms with Crippen molar-refractivity contribution in [2.75, 3.05) is 19.5 Å². The maximum atomic E-state index is 13.2. The Morgan fingerprint density at radius 1 is 1.14 bits per heavy atom. The first-order valence-electron chi connectivity index (χ1n) is 8.86. The first-order valence-corrected chi connectivity index (χ1v) is 9.74. The Bertz CT molecular complexity index is 1200. The number of anilines is 1. The fourth-order valence-electron chi connectivity index (χ4n) is 3.13. The number of carbonyl (C=O) groups excluding carboxylic acids is 1. The van der Waals surface area contributed by atoms with Crippen molar-refractivity contribution in [1.82, 2.24) is 10.1 Å². The first-order chi connectivity index (χ1) is 14.0. The fraction of sp³-hybridized carbons (Fsp3) is 0.190. The minimum Gasteiger partial charge on any atom is -0.493 e. The van der Waals surface area contributed by atoms with Crippen molar-refractivity contribution in [1.29, 1.82) is 0 Å². The van der Waals surface area contributed by atoms with Gasteiger partial charge in [0.25, 0.3) is 11.6 Å². The third kappa shape index (κ3) is 3.42. The third-order valence-corrected chi connectivity index (χ3v) is 5.51. The first kappa shape index (κ1) is 18.9. The Balaban J connectivity index is 1.78. The zero-order chi connectivity index (χ0) is 20.5. The van der Waals surface area contributed by atoms with Gasteiger partial charge in [-0.3, -0.25) is 4.79 Å². The van der Waals surface area contributed by atoms with Crippen LogP contribution in [0.3, 0.4) is 0 Å². The van der Waals surface area contributed by atoms with Crippen molar-refractivity contribution in [2.24, 2.45) is 0 Å². The molecule has 0 unspecified atom stereocenters. The summed E-state index contributed by atoms with van der Waals surface area (Å²) >= 11 is 1.54. The molecule has 0 fully saturated rings. The van der Waals surface area contributed by atoms with Crippen molar-refractivity contribution in [2.45, 2.75) is 13.8 Å². The van der Waals surface area contributed by atoms with E-state index in [0.717, 1.165) is 10.4 Å². The van der Waals surface area contributed by atoms with E-state index in [0.29, 0.717) is 45.2 Å². The highest BCUT2D eigenvalue weighted by Crippen LogP contribution is 2.34. The van der Waals surface area contributed by atoms with Crippen LogP contribution in [-0.2, 0) is 0 Å². The number of nitrogens with zero attached hydrogens (tertiary/aromatic N) is 2. The van der Waals surface area contributed by atoms with E-state index in [1.165, 1.54) is 0 Å². The van der Waals surface area contributed by atoms with E-state index in [1.807, 2.05) is 30.5 Å². The molecule has 0 aliphatic carbocycles. The van der Waals surface area contributed by atoms with Gasteiger partial charge in [-0.05, 0) is 43.0 Å². The Morgan fingerprint density at radius 2 is 1.90 bits per heavy atom. The van der Waals surface area contributed by atoms with Crippen LogP contribution >= 0.6 is 11.3 Å². The number of thiophene rings is 1. The van der Waals surface area contributed by atoms with Crippen LogP contribution in [0, 0.1) is 13.8 Å². The van der Waals surface area contributed by atoms with E-state index >= 15 is 0 Å². The summed E-state index contributed by atoms with van der Waals surface area (Å²) in [4.78, 5) is 18.7. The summed E-state index contributed by atoms with van der Waals surface area (Å²) in [5.41, 5.74) is 3.54. The fourth-order valence-corrected chi connectivity index (χ4v) is 3.82. The minimum atomic E-state index is -0.281. The van der Waals surface area contributed by atoms with Crippen LogP contribution in [0.25, 0.3) is 21.7 Å². The van der Waals surface area contributed by atoms with Gasteiger partial charge in [0.15, 0.2) is 11.5 Å². The van der Waals surface area contributed by atoms with E-state index in [4.69, 9.17) is 14.0 Å². The lowest BCUT2D eigenvalue weighted by Crippen LogP contribution is -2.14. The summed E-state index contributed by atoms with van der Waals surface area (Å²) in [7, 11) is 3.13. The van der Waals surface area contributed by atoms with E-state index < -0.39 is 0 Å². The number of aryl methyl sites for hydroxylation is 2. The molecule has 0 spiro atoms. The van der Waals surface area contributed by atoms with Crippen molar-refractivity contribution in [3.05, 3.63) is 52.5 Å². The molecule has 148 valence electrons. The summed E-state index contributed by atoms with van der Waals surface area (Å²) in [5, 5.41) is 9.51. The summed E-state index contributed by atoms with van der Waals surface area (Å²) in [6.07, 6.45) is 0. The SMILES string of the molecule is COc1cc(C)c(NC(=O)c2cc(-c3cccs3)nc3onc(C)c23)cc1OC. The molecule has 8 heteroatoms.